The van der Waals surface area contributed by atoms with Crippen molar-refractivity contribution in [1.29, 1.82) is 0 Å². The molecule has 2 aliphatic heterocycles. The number of hydrogen-bond acceptors (Lipinski definition) is 5. The molecule has 2 aromatic rings. The van der Waals surface area contributed by atoms with E-state index in [1.165, 1.54) is 18.3 Å². The number of pyridine rings is 1. The van der Waals surface area contributed by atoms with E-state index in [0.717, 1.165) is 24.2 Å². The van der Waals surface area contributed by atoms with Crippen molar-refractivity contribution in [3.05, 3.63) is 53.3 Å². The topological polar surface area (TPSA) is 89.0 Å². The Kier molecular flexibility index (Phi) is 4.20. The first kappa shape index (κ1) is 16.4. The van der Waals surface area contributed by atoms with Crippen LogP contribution in [-0.2, 0) is 0 Å². The van der Waals surface area contributed by atoms with Gasteiger partial charge in [-0.3, -0.25) is 4.79 Å². The molecule has 134 valence electrons. The van der Waals surface area contributed by atoms with Gasteiger partial charge in [-0.1, -0.05) is 6.07 Å². The van der Waals surface area contributed by atoms with Crippen LogP contribution in [0.1, 0.15) is 45.3 Å². The van der Waals surface area contributed by atoms with Gasteiger partial charge in [0.15, 0.2) is 11.5 Å². The van der Waals surface area contributed by atoms with Gasteiger partial charge in [-0.25, -0.2) is 9.78 Å². The third-order valence-electron chi connectivity index (χ3n) is 4.69. The highest BCUT2D eigenvalue weighted by Gasteiger charge is 2.31. The van der Waals surface area contributed by atoms with Crippen LogP contribution in [0, 0.1) is 0 Å². The fourth-order valence-corrected chi connectivity index (χ4v) is 3.44. The van der Waals surface area contributed by atoms with Crippen molar-refractivity contribution in [1.82, 2.24) is 9.88 Å². The number of hydrogen-bond donors (Lipinski definition) is 1. The minimum atomic E-state index is -1.11. The zero-order valence-corrected chi connectivity index (χ0v) is 14.1. The molecule has 1 atom stereocenters. The summed E-state index contributed by atoms with van der Waals surface area (Å²) in [4.78, 5) is 29.4. The standard InChI is InChI=1S/C19H18N2O5/c22-18(13-3-5-14(19(23)24)20-11-13)21-7-1-2-15(21)12-4-6-16-17(10-12)26-9-8-25-16/h3-6,10-11,15H,1-2,7-9H2,(H,23,24). The van der Waals surface area contributed by atoms with E-state index in [1.807, 2.05) is 23.1 Å². The number of carbonyl (C=O) groups excluding carboxylic acids is 1. The van der Waals surface area contributed by atoms with E-state index < -0.39 is 5.97 Å². The first-order chi connectivity index (χ1) is 12.6. The summed E-state index contributed by atoms with van der Waals surface area (Å²) in [5, 5.41) is 8.93. The normalized spacial score (nSPS) is 18.6. The second-order valence-corrected chi connectivity index (χ2v) is 6.30. The van der Waals surface area contributed by atoms with Gasteiger partial charge in [0.25, 0.3) is 5.91 Å². The van der Waals surface area contributed by atoms with Crippen molar-refractivity contribution >= 4 is 11.9 Å². The molecule has 0 spiro atoms. The Morgan fingerprint density at radius 1 is 1.12 bits per heavy atom. The Balaban J connectivity index is 1.58. The maximum atomic E-state index is 12.9. The lowest BCUT2D eigenvalue weighted by atomic mass is 10.0. The van der Waals surface area contributed by atoms with E-state index in [1.54, 1.807) is 0 Å². The molecule has 1 saturated heterocycles. The molecule has 7 nitrogen and oxygen atoms in total. The van der Waals surface area contributed by atoms with Crippen molar-refractivity contribution < 1.29 is 24.2 Å². The number of aromatic carboxylic acids is 1. The lowest BCUT2D eigenvalue weighted by Crippen LogP contribution is -2.30. The zero-order chi connectivity index (χ0) is 18.1. The second-order valence-electron chi connectivity index (χ2n) is 6.30. The van der Waals surface area contributed by atoms with Crippen LogP contribution in [-0.4, -0.2) is 46.6 Å². The highest BCUT2D eigenvalue weighted by molar-refractivity contribution is 5.95. The second kappa shape index (κ2) is 6.67. The monoisotopic (exact) mass is 354 g/mol. The maximum Gasteiger partial charge on any atom is 0.354 e. The smallest absolute Gasteiger partial charge is 0.354 e. The van der Waals surface area contributed by atoms with E-state index in [2.05, 4.69) is 4.98 Å². The van der Waals surface area contributed by atoms with Gasteiger partial charge >= 0.3 is 5.97 Å². The number of amides is 1. The maximum absolute atomic E-state index is 12.9. The minimum absolute atomic E-state index is 0.0440. The third kappa shape index (κ3) is 2.96. The fourth-order valence-electron chi connectivity index (χ4n) is 3.44. The predicted molar refractivity (Wildman–Crippen MR) is 91.6 cm³/mol. The summed E-state index contributed by atoms with van der Waals surface area (Å²) in [6, 6.07) is 8.61. The Hall–Kier alpha value is -3.09. The lowest BCUT2D eigenvalue weighted by Gasteiger charge is -2.26. The summed E-state index contributed by atoms with van der Waals surface area (Å²) in [6.45, 7) is 1.71. The first-order valence-corrected chi connectivity index (χ1v) is 8.53. The number of ether oxygens (including phenoxy) is 2. The molecule has 3 heterocycles. The van der Waals surface area contributed by atoms with Gasteiger partial charge < -0.3 is 19.5 Å². The molecule has 1 aromatic heterocycles. The third-order valence-corrected chi connectivity index (χ3v) is 4.69. The molecule has 2 aliphatic rings. The molecule has 4 rings (SSSR count). The van der Waals surface area contributed by atoms with Gasteiger partial charge in [-0.05, 0) is 42.7 Å². The molecule has 0 aliphatic carbocycles. The van der Waals surface area contributed by atoms with Crippen LogP contribution in [0.5, 0.6) is 11.5 Å². The van der Waals surface area contributed by atoms with Crippen LogP contribution < -0.4 is 9.47 Å². The van der Waals surface area contributed by atoms with E-state index in [4.69, 9.17) is 14.6 Å². The Labute approximate surface area is 150 Å². The molecule has 0 bridgehead atoms. The number of carboxylic acids is 1. The molecule has 1 amide bonds. The number of likely N-dealkylation sites (tertiary alicyclic amines) is 1. The number of aromatic nitrogens is 1. The van der Waals surface area contributed by atoms with Crippen molar-refractivity contribution in [3.8, 4) is 11.5 Å². The zero-order valence-electron chi connectivity index (χ0n) is 14.1. The van der Waals surface area contributed by atoms with Crippen molar-refractivity contribution in [2.24, 2.45) is 0 Å². The average molecular weight is 354 g/mol. The van der Waals surface area contributed by atoms with Gasteiger partial charge in [0.05, 0.1) is 11.6 Å². The lowest BCUT2D eigenvalue weighted by molar-refractivity contribution is 0.0685. The number of carboxylic acid groups (broad SMARTS) is 1. The Morgan fingerprint density at radius 2 is 1.92 bits per heavy atom. The van der Waals surface area contributed by atoms with Gasteiger partial charge in [-0.15, -0.1) is 0 Å². The van der Waals surface area contributed by atoms with Crippen LogP contribution in [0.25, 0.3) is 0 Å². The number of nitrogens with zero attached hydrogens (tertiary/aromatic N) is 2. The molecular formula is C19H18N2O5. The highest BCUT2D eigenvalue weighted by atomic mass is 16.6. The van der Waals surface area contributed by atoms with Gasteiger partial charge in [0.2, 0.25) is 0 Å². The predicted octanol–water partition coefficient (Wildman–Crippen LogP) is 2.53. The van der Waals surface area contributed by atoms with E-state index in [0.29, 0.717) is 31.1 Å². The van der Waals surface area contributed by atoms with E-state index in [-0.39, 0.29) is 17.6 Å². The minimum Gasteiger partial charge on any atom is -0.486 e. The van der Waals surface area contributed by atoms with E-state index >= 15 is 0 Å². The summed E-state index contributed by atoms with van der Waals surface area (Å²) in [5.41, 5.74) is 1.32. The molecule has 1 N–H and O–H groups in total. The van der Waals surface area contributed by atoms with Crippen LogP contribution in [0.3, 0.4) is 0 Å². The number of fused-ring (bicyclic) bond motifs is 1. The summed E-state index contributed by atoms with van der Waals surface area (Å²) >= 11 is 0. The Bertz CT molecular complexity index is 850. The molecule has 1 fully saturated rings. The molecule has 1 unspecified atom stereocenters. The van der Waals surface area contributed by atoms with E-state index in [9.17, 15) is 9.59 Å². The first-order valence-electron chi connectivity index (χ1n) is 8.53. The summed E-state index contributed by atoms with van der Waals surface area (Å²) < 4.78 is 11.2. The summed E-state index contributed by atoms with van der Waals surface area (Å²) in [5.74, 6) is 0.177. The quantitative estimate of drug-likeness (QED) is 0.911. The van der Waals surface area contributed by atoms with Gasteiger partial charge in [-0.2, -0.15) is 0 Å². The molecule has 0 radical (unpaired) electrons. The van der Waals surface area contributed by atoms with Crippen molar-refractivity contribution in [2.45, 2.75) is 18.9 Å². The van der Waals surface area contributed by atoms with Gasteiger partial charge in [0, 0.05) is 12.7 Å². The molecule has 7 heteroatoms. The van der Waals surface area contributed by atoms with Crippen molar-refractivity contribution in [2.75, 3.05) is 19.8 Å². The van der Waals surface area contributed by atoms with Crippen molar-refractivity contribution in [3.63, 3.8) is 0 Å². The van der Waals surface area contributed by atoms with Crippen LogP contribution in [0.2, 0.25) is 0 Å². The summed E-state index contributed by atoms with van der Waals surface area (Å²) in [7, 11) is 0. The summed E-state index contributed by atoms with van der Waals surface area (Å²) in [6.07, 6.45) is 3.10. The molecule has 0 saturated carbocycles. The highest BCUT2D eigenvalue weighted by Crippen LogP contribution is 2.38. The average Bonchev–Trinajstić information content (AvgIpc) is 3.17. The van der Waals surface area contributed by atoms with Crippen LogP contribution in [0.15, 0.2) is 36.5 Å². The number of benzene rings is 1. The van der Waals surface area contributed by atoms with Crippen LogP contribution in [0.4, 0.5) is 0 Å². The largest absolute Gasteiger partial charge is 0.486 e. The number of carbonyl (C=O) groups is 2. The molecule has 1 aromatic carbocycles. The molecular weight excluding hydrogens is 336 g/mol. The molecule has 26 heavy (non-hydrogen) atoms. The SMILES string of the molecule is O=C(O)c1ccc(C(=O)N2CCCC2c2ccc3c(c2)OCCO3)cn1. The fraction of sp³-hybridized carbons (Fsp3) is 0.316. The number of rotatable bonds is 3. The van der Waals surface area contributed by atoms with Crippen LogP contribution >= 0.6 is 0 Å². The van der Waals surface area contributed by atoms with Gasteiger partial charge in [0.1, 0.15) is 18.9 Å². The Morgan fingerprint density at radius 3 is 2.65 bits per heavy atom.